The number of β-amino-alcohol motifs (C(OH)–C–C–N with tert-alkyl or cyclic N) is 1. The topological polar surface area (TPSA) is 94.1 Å². The third-order valence-corrected chi connectivity index (χ3v) is 4.42. The Morgan fingerprint density at radius 1 is 1.40 bits per heavy atom. The summed E-state index contributed by atoms with van der Waals surface area (Å²) >= 11 is 0. The van der Waals surface area contributed by atoms with E-state index >= 15 is 0 Å². The summed E-state index contributed by atoms with van der Waals surface area (Å²) in [5.41, 5.74) is 1.40. The number of nitrogens with one attached hydrogen (secondary N) is 2. The molecule has 0 bridgehead atoms. The molecule has 134 valence electrons. The first-order valence-electron chi connectivity index (χ1n) is 8.80. The van der Waals surface area contributed by atoms with Crippen molar-refractivity contribution in [2.24, 2.45) is 0 Å². The molecule has 2 atom stereocenters. The number of hydrogen-bond acceptors (Lipinski definition) is 5. The number of carbonyl (C=O) groups excluding carboxylic acids is 1. The van der Waals surface area contributed by atoms with Gasteiger partial charge in [-0.3, -0.25) is 14.7 Å². The predicted octanol–water partition coefficient (Wildman–Crippen LogP) is 1.12. The Morgan fingerprint density at radius 3 is 3.04 bits per heavy atom. The van der Waals surface area contributed by atoms with E-state index < -0.39 is 6.10 Å². The van der Waals surface area contributed by atoms with Gasteiger partial charge in [-0.2, -0.15) is 0 Å². The summed E-state index contributed by atoms with van der Waals surface area (Å²) in [7, 11) is 0. The number of nitrogens with zero attached hydrogens (tertiary/aromatic N) is 3. The van der Waals surface area contributed by atoms with E-state index in [0.717, 1.165) is 30.8 Å². The number of aliphatic hydroxyl groups excluding tert-OH is 1. The van der Waals surface area contributed by atoms with Gasteiger partial charge in [-0.1, -0.05) is 19.4 Å². The number of amides is 1. The van der Waals surface area contributed by atoms with Crippen LogP contribution in [0.1, 0.15) is 41.8 Å². The summed E-state index contributed by atoms with van der Waals surface area (Å²) in [5.74, 6) is 0.756. The molecule has 1 fully saturated rings. The predicted molar refractivity (Wildman–Crippen MR) is 94.0 cm³/mol. The number of imidazole rings is 1. The van der Waals surface area contributed by atoms with Gasteiger partial charge >= 0.3 is 0 Å². The summed E-state index contributed by atoms with van der Waals surface area (Å²) in [6.07, 6.45) is 6.08. The van der Waals surface area contributed by atoms with Crippen molar-refractivity contribution < 1.29 is 9.90 Å². The lowest BCUT2D eigenvalue weighted by Gasteiger charge is -2.16. The van der Waals surface area contributed by atoms with Crippen molar-refractivity contribution in [2.75, 3.05) is 13.1 Å². The van der Waals surface area contributed by atoms with Crippen LogP contribution in [0.15, 0.2) is 30.6 Å². The van der Waals surface area contributed by atoms with Crippen molar-refractivity contribution in [1.29, 1.82) is 0 Å². The maximum Gasteiger partial charge on any atom is 0.270 e. The second-order valence-corrected chi connectivity index (χ2v) is 6.52. The van der Waals surface area contributed by atoms with Crippen LogP contribution in [0.4, 0.5) is 0 Å². The van der Waals surface area contributed by atoms with Crippen LogP contribution in [0.3, 0.4) is 0 Å². The van der Waals surface area contributed by atoms with Gasteiger partial charge in [0.05, 0.1) is 12.1 Å². The van der Waals surface area contributed by atoms with Crippen LogP contribution in [-0.2, 0) is 13.0 Å². The molecule has 0 spiro atoms. The number of aliphatic hydroxyl groups is 1. The first kappa shape index (κ1) is 17.6. The Labute approximate surface area is 147 Å². The SMILES string of the molecule is CCCCc1ncc(CN2C[C@@H](O)[C@H](NC(=O)c3ccccn3)C2)[nH]1. The van der Waals surface area contributed by atoms with Crippen LogP contribution in [0.5, 0.6) is 0 Å². The molecule has 0 aliphatic carbocycles. The second-order valence-electron chi connectivity index (χ2n) is 6.52. The number of hydrogen-bond donors (Lipinski definition) is 3. The Balaban J connectivity index is 1.52. The molecule has 0 radical (unpaired) electrons. The number of carbonyl (C=O) groups is 1. The van der Waals surface area contributed by atoms with Gasteiger partial charge in [0.1, 0.15) is 11.5 Å². The van der Waals surface area contributed by atoms with Crippen LogP contribution in [0.2, 0.25) is 0 Å². The summed E-state index contributed by atoms with van der Waals surface area (Å²) in [4.78, 5) is 26.1. The highest BCUT2D eigenvalue weighted by molar-refractivity contribution is 5.92. The van der Waals surface area contributed by atoms with Crippen molar-refractivity contribution in [3.63, 3.8) is 0 Å². The number of unbranched alkanes of at least 4 members (excludes halogenated alkanes) is 1. The van der Waals surface area contributed by atoms with E-state index in [1.165, 1.54) is 0 Å². The molecular weight excluding hydrogens is 318 g/mol. The maximum absolute atomic E-state index is 12.2. The molecule has 7 nitrogen and oxygen atoms in total. The van der Waals surface area contributed by atoms with Crippen LogP contribution in [0.25, 0.3) is 0 Å². The molecule has 1 amide bonds. The number of aryl methyl sites for hydroxylation is 1. The van der Waals surface area contributed by atoms with Crippen LogP contribution in [0, 0.1) is 0 Å². The van der Waals surface area contributed by atoms with Gasteiger partial charge in [0.25, 0.3) is 5.91 Å². The number of rotatable bonds is 7. The number of H-pyrrole nitrogens is 1. The lowest BCUT2D eigenvalue weighted by atomic mass is 10.2. The smallest absolute Gasteiger partial charge is 0.270 e. The highest BCUT2D eigenvalue weighted by Crippen LogP contribution is 2.14. The molecule has 7 heteroatoms. The van der Waals surface area contributed by atoms with E-state index in [-0.39, 0.29) is 11.9 Å². The molecule has 2 aromatic heterocycles. The fourth-order valence-electron chi connectivity index (χ4n) is 3.07. The van der Waals surface area contributed by atoms with Gasteiger partial charge in [0.15, 0.2) is 0 Å². The Kier molecular flexibility index (Phi) is 5.78. The highest BCUT2D eigenvalue weighted by atomic mass is 16.3. The van der Waals surface area contributed by atoms with Gasteiger partial charge in [-0.25, -0.2) is 4.98 Å². The minimum absolute atomic E-state index is 0.255. The minimum Gasteiger partial charge on any atom is -0.390 e. The van der Waals surface area contributed by atoms with Gasteiger partial charge in [-0.15, -0.1) is 0 Å². The molecule has 0 aromatic carbocycles. The summed E-state index contributed by atoms with van der Waals surface area (Å²) in [6.45, 7) is 3.97. The molecule has 1 aliphatic heterocycles. The number of likely N-dealkylation sites (tertiary alicyclic amines) is 1. The van der Waals surface area contributed by atoms with Crippen molar-refractivity contribution in [3.05, 3.63) is 47.8 Å². The Morgan fingerprint density at radius 2 is 2.28 bits per heavy atom. The van der Waals surface area contributed by atoms with Crippen molar-refractivity contribution in [1.82, 2.24) is 25.2 Å². The van der Waals surface area contributed by atoms with Crippen LogP contribution >= 0.6 is 0 Å². The number of aromatic amines is 1. The lowest BCUT2D eigenvalue weighted by molar-refractivity contribution is 0.0883. The zero-order chi connectivity index (χ0) is 17.6. The zero-order valence-corrected chi connectivity index (χ0v) is 14.5. The summed E-state index contributed by atoms with van der Waals surface area (Å²) in [6, 6.07) is 4.91. The van der Waals surface area contributed by atoms with Crippen molar-refractivity contribution >= 4 is 5.91 Å². The average Bonchev–Trinajstić information content (AvgIpc) is 3.20. The Bertz CT molecular complexity index is 688. The van der Waals surface area contributed by atoms with Gasteiger partial charge in [-0.05, 0) is 18.6 Å². The molecule has 0 unspecified atom stereocenters. The van der Waals surface area contributed by atoms with Crippen LogP contribution < -0.4 is 5.32 Å². The van der Waals surface area contributed by atoms with Gasteiger partial charge < -0.3 is 15.4 Å². The van der Waals surface area contributed by atoms with Gasteiger partial charge in [0.2, 0.25) is 0 Å². The van der Waals surface area contributed by atoms with Crippen molar-refractivity contribution in [3.8, 4) is 0 Å². The lowest BCUT2D eigenvalue weighted by Crippen LogP contribution is -2.43. The van der Waals surface area contributed by atoms with E-state index in [1.54, 1.807) is 24.4 Å². The number of aromatic nitrogens is 3. The van der Waals surface area contributed by atoms with E-state index in [9.17, 15) is 9.90 Å². The summed E-state index contributed by atoms with van der Waals surface area (Å²) < 4.78 is 0. The molecule has 3 heterocycles. The number of pyridine rings is 1. The third kappa shape index (κ3) is 4.64. The quantitative estimate of drug-likeness (QED) is 0.700. The van der Waals surface area contributed by atoms with E-state index in [1.807, 2.05) is 6.20 Å². The average molecular weight is 343 g/mol. The first-order valence-corrected chi connectivity index (χ1v) is 8.80. The Hall–Kier alpha value is -2.25. The first-order chi connectivity index (χ1) is 12.2. The van der Waals surface area contributed by atoms with E-state index in [0.29, 0.717) is 25.3 Å². The minimum atomic E-state index is -0.588. The summed E-state index contributed by atoms with van der Waals surface area (Å²) in [5, 5.41) is 13.1. The highest BCUT2D eigenvalue weighted by Gasteiger charge is 2.32. The largest absolute Gasteiger partial charge is 0.390 e. The maximum atomic E-state index is 12.2. The molecule has 0 saturated carbocycles. The second kappa shape index (κ2) is 8.22. The molecular formula is C18H25N5O2. The normalized spacial score (nSPS) is 20.7. The standard InChI is InChI=1S/C18H25N5O2/c1-2-3-7-17-20-9-13(21-17)10-23-11-15(16(24)12-23)22-18(25)14-6-4-5-8-19-14/h4-6,8-9,15-16,24H,2-3,7,10-12H2,1H3,(H,20,21)(H,22,25)/t15-,16-/m1/s1. The van der Waals surface area contributed by atoms with E-state index in [4.69, 9.17) is 0 Å². The third-order valence-electron chi connectivity index (χ3n) is 4.42. The molecule has 3 N–H and O–H groups in total. The van der Waals surface area contributed by atoms with E-state index in [2.05, 4.69) is 32.1 Å². The molecule has 3 rings (SSSR count). The molecule has 25 heavy (non-hydrogen) atoms. The monoisotopic (exact) mass is 343 g/mol. The van der Waals surface area contributed by atoms with Crippen molar-refractivity contribution in [2.45, 2.75) is 44.9 Å². The van der Waals surface area contributed by atoms with Crippen LogP contribution in [-0.4, -0.2) is 56.1 Å². The molecule has 1 saturated heterocycles. The fourth-order valence-corrected chi connectivity index (χ4v) is 3.07. The van der Waals surface area contributed by atoms with Gasteiger partial charge in [0, 0.05) is 44.1 Å². The molecule has 2 aromatic rings. The zero-order valence-electron chi connectivity index (χ0n) is 14.5. The fraction of sp³-hybridized carbons (Fsp3) is 0.500. The molecule has 1 aliphatic rings.